The molecule has 1 amide bonds. The molecule has 0 saturated heterocycles. The standard InChI is InChI=1S/C31H29N3O4/c1-19(2)21-11-13-23(14-12-21)34-26-15-10-20(3)17-25(26)28(29(34)36)32-33-31(30(37)38)16-6-7-22(18-31)24-8-4-5-9-27(24)35/h4-17,19,33,35H,18H2,1-3H3,(H,37,38)/b32-28-. The number of hydrogen-bond acceptors (Lipinski definition) is 5. The van der Waals surface area contributed by atoms with E-state index in [0.29, 0.717) is 34.0 Å². The second kappa shape index (κ2) is 9.67. The fourth-order valence-electron chi connectivity index (χ4n) is 4.84. The summed E-state index contributed by atoms with van der Waals surface area (Å²) in [5, 5.41) is 25.0. The molecule has 0 aromatic heterocycles. The van der Waals surface area contributed by atoms with Gasteiger partial charge in [-0.2, -0.15) is 5.10 Å². The Morgan fingerprint density at radius 2 is 1.79 bits per heavy atom. The van der Waals surface area contributed by atoms with E-state index in [-0.39, 0.29) is 23.8 Å². The molecule has 1 heterocycles. The first-order valence-electron chi connectivity index (χ1n) is 12.5. The first-order valence-corrected chi connectivity index (χ1v) is 12.5. The predicted molar refractivity (Wildman–Crippen MR) is 149 cm³/mol. The van der Waals surface area contributed by atoms with Crippen molar-refractivity contribution in [3.63, 3.8) is 0 Å². The van der Waals surface area contributed by atoms with E-state index in [1.807, 2.05) is 49.4 Å². The topological polar surface area (TPSA) is 102 Å². The lowest BCUT2D eigenvalue weighted by atomic mass is 9.84. The average molecular weight is 508 g/mol. The summed E-state index contributed by atoms with van der Waals surface area (Å²) in [7, 11) is 0. The molecule has 38 heavy (non-hydrogen) atoms. The Morgan fingerprint density at radius 1 is 1.05 bits per heavy atom. The van der Waals surface area contributed by atoms with Crippen molar-refractivity contribution in [3.8, 4) is 5.75 Å². The normalized spacial score (nSPS) is 19.6. The van der Waals surface area contributed by atoms with Crippen LogP contribution in [-0.2, 0) is 9.59 Å². The van der Waals surface area contributed by atoms with Crippen LogP contribution in [0.3, 0.4) is 0 Å². The number of carboxylic acid groups (broad SMARTS) is 1. The van der Waals surface area contributed by atoms with E-state index in [1.54, 1.807) is 41.3 Å². The number of aromatic hydroxyl groups is 1. The Morgan fingerprint density at radius 3 is 2.47 bits per heavy atom. The van der Waals surface area contributed by atoms with Gasteiger partial charge in [0.15, 0.2) is 11.3 Å². The minimum absolute atomic E-state index is 0.0302. The van der Waals surface area contributed by atoms with Gasteiger partial charge in [0.05, 0.1) is 5.69 Å². The van der Waals surface area contributed by atoms with E-state index in [4.69, 9.17) is 0 Å². The molecule has 3 aromatic carbocycles. The van der Waals surface area contributed by atoms with E-state index in [9.17, 15) is 19.8 Å². The number of rotatable bonds is 6. The molecule has 192 valence electrons. The number of carbonyl (C=O) groups is 2. The van der Waals surface area contributed by atoms with E-state index in [0.717, 1.165) is 5.56 Å². The Labute approximate surface area is 221 Å². The van der Waals surface area contributed by atoms with Crippen LogP contribution in [0, 0.1) is 6.92 Å². The number of nitrogens with one attached hydrogen (secondary N) is 1. The maximum Gasteiger partial charge on any atom is 0.335 e. The Hall–Kier alpha value is -4.65. The molecule has 0 radical (unpaired) electrons. The van der Waals surface area contributed by atoms with Gasteiger partial charge in [0.25, 0.3) is 5.91 Å². The second-order valence-corrected chi connectivity index (χ2v) is 10.0. The van der Waals surface area contributed by atoms with Gasteiger partial charge in [-0.1, -0.05) is 68.0 Å². The van der Waals surface area contributed by atoms with Crippen LogP contribution in [0.5, 0.6) is 5.75 Å². The van der Waals surface area contributed by atoms with E-state index < -0.39 is 11.5 Å². The molecule has 3 N–H and O–H groups in total. The molecular formula is C31H29N3O4. The number of amides is 1. The van der Waals surface area contributed by atoms with Crippen molar-refractivity contribution in [1.29, 1.82) is 0 Å². The molecule has 0 fully saturated rings. The van der Waals surface area contributed by atoms with Crippen LogP contribution in [0.4, 0.5) is 11.4 Å². The first kappa shape index (κ1) is 25.0. The smallest absolute Gasteiger partial charge is 0.335 e. The number of aryl methyl sites for hydroxylation is 1. The van der Waals surface area contributed by atoms with Gasteiger partial charge in [-0.3, -0.25) is 15.1 Å². The molecule has 7 heteroatoms. The molecule has 7 nitrogen and oxygen atoms in total. The quantitative estimate of drug-likeness (QED) is 0.374. The lowest BCUT2D eigenvalue weighted by Gasteiger charge is -2.29. The number of benzene rings is 3. The number of phenolic OH excluding ortho intramolecular Hbond substituents is 1. The number of fused-ring (bicyclic) bond motifs is 1. The van der Waals surface area contributed by atoms with Crippen molar-refractivity contribution >= 4 is 34.5 Å². The third-order valence-electron chi connectivity index (χ3n) is 7.02. The highest BCUT2D eigenvalue weighted by molar-refractivity contribution is 6.55. The largest absolute Gasteiger partial charge is 0.507 e. The summed E-state index contributed by atoms with van der Waals surface area (Å²) in [5.41, 5.74) is 6.70. The molecule has 1 aliphatic heterocycles. The highest BCUT2D eigenvalue weighted by Crippen LogP contribution is 2.38. The van der Waals surface area contributed by atoms with E-state index >= 15 is 0 Å². The molecular weight excluding hydrogens is 478 g/mol. The molecule has 0 bridgehead atoms. The van der Waals surface area contributed by atoms with E-state index in [2.05, 4.69) is 24.4 Å². The third kappa shape index (κ3) is 4.36. The van der Waals surface area contributed by atoms with Crippen LogP contribution in [0.2, 0.25) is 0 Å². The molecule has 5 rings (SSSR count). The summed E-state index contributed by atoms with van der Waals surface area (Å²) < 4.78 is 0. The van der Waals surface area contributed by atoms with Gasteiger partial charge in [-0.15, -0.1) is 0 Å². The fraction of sp³-hybridized carbons (Fsp3) is 0.194. The molecule has 1 unspecified atom stereocenters. The third-order valence-corrected chi connectivity index (χ3v) is 7.02. The summed E-state index contributed by atoms with van der Waals surface area (Å²) in [4.78, 5) is 27.9. The van der Waals surface area contributed by atoms with Gasteiger partial charge in [-0.05, 0) is 60.4 Å². The lowest BCUT2D eigenvalue weighted by molar-refractivity contribution is -0.142. The summed E-state index contributed by atoms with van der Waals surface area (Å²) >= 11 is 0. The molecule has 2 aliphatic rings. The number of hydrazone groups is 1. The van der Waals surface area contributed by atoms with Crippen LogP contribution in [0.1, 0.15) is 48.4 Å². The van der Waals surface area contributed by atoms with Crippen molar-refractivity contribution in [2.24, 2.45) is 5.10 Å². The van der Waals surface area contributed by atoms with Crippen molar-refractivity contribution in [3.05, 3.63) is 107 Å². The van der Waals surface area contributed by atoms with Crippen molar-refractivity contribution in [1.82, 2.24) is 5.43 Å². The highest BCUT2D eigenvalue weighted by atomic mass is 16.4. The average Bonchev–Trinajstić information content (AvgIpc) is 3.18. The van der Waals surface area contributed by atoms with Gasteiger partial charge in [0, 0.05) is 23.2 Å². The van der Waals surface area contributed by atoms with Gasteiger partial charge in [-0.25, -0.2) is 4.79 Å². The first-order chi connectivity index (χ1) is 18.2. The minimum atomic E-state index is -1.60. The molecule has 1 aliphatic carbocycles. The maximum absolute atomic E-state index is 13.7. The number of carbonyl (C=O) groups excluding carboxylic acids is 1. The Balaban J connectivity index is 1.51. The van der Waals surface area contributed by atoms with Crippen molar-refractivity contribution in [2.75, 3.05) is 4.90 Å². The zero-order chi connectivity index (χ0) is 27.0. The lowest BCUT2D eigenvalue weighted by Crippen LogP contribution is -2.49. The second-order valence-electron chi connectivity index (χ2n) is 10.0. The highest BCUT2D eigenvalue weighted by Gasteiger charge is 2.41. The predicted octanol–water partition coefficient (Wildman–Crippen LogP) is 5.66. The number of aliphatic carboxylic acids is 1. The monoisotopic (exact) mass is 507 g/mol. The van der Waals surface area contributed by atoms with E-state index in [1.165, 1.54) is 11.6 Å². The molecule has 1 atom stereocenters. The number of allylic oxidation sites excluding steroid dienone is 2. The summed E-state index contributed by atoms with van der Waals surface area (Å²) in [5.74, 6) is -1.06. The van der Waals surface area contributed by atoms with Crippen molar-refractivity contribution in [2.45, 2.75) is 38.6 Å². The fourth-order valence-corrected chi connectivity index (χ4v) is 4.84. The summed E-state index contributed by atoms with van der Waals surface area (Å²) in [6.07, 6.45) is 4.95. The zero-order valence-corrected chi connectivity index (χ0v) is 21.5. The van der Waals surface area contributed by atoms with Crippen LogP contribution in [-0.4, -0.2) is 33.3 Å². The van der Waals surface area contributed by atoms with Gasteiger partial charge in [0.2, 0.25) is 0 Å². The Kier molecular flexibility index (Phi) is 6.36. The van der Waals surface area contributed by atoms with Crippen LogP contribution in [0.15, 0.2) is 90.1 Å². The number of hydrogen-bond donors (Lipinski definition) is 3. The zero-order valence-electron chi connectivity index (χ0n) is 21.5. The van der Waals surface area contributed by atoms with Crippen LogP contribution < -0.4 is 10.3 Å². The van der Waals surface area contributed by atoms with Gasteiger partial charge >= 0.3 is 5.97 Å². The number of nitrogens with zero attached hydrogens (tertiary/aromatic N) is 2. The van der Waals surface area contributed by atoms with Crippen LogP contribution >= 0.6 is 0 Å². The SMILES string of the molecule is Cc1ccc2c(c1)/C(=N/NC1(C(=O)O)C=CC=C(c3ccccc3O)C1)C(=O)N2c1ccc(C(C)C)cc1. The number of carboxylic acids is 1. The van der Waals surface area contributed by atoms with Crippen molar-refractivity contribution < 1.29 is 19.8 Å². The number of phenols is 1. The summed E-state index contributed by atoms with van der Waals surface area (Å²) in [6.45, 7) is 6.16. The van der Waals surface area contributed by atoms with Crippen LogP contribution in [0.25, 0.3) is 5.57 Å². The number of anilines is 2. The van der Waals surface area contributed by atoms with Gasteiger partial charge < -0.3 is 10.2 Å². The Bertz CT molecular complexity index is 1520. The minimum Gasteiger partial charge on any atom is -0.507 e. The van der Waals surface area contributed by atoms with Gasteiger partial charge in [0.1, 0.15) is 5.75 Å². The molecule has 0 spiro atoms. The molecule has 0 saturated carbocycles. The maximum atomic E-state index is 13.7. The number of para-hydroxylation sites is 1. The molecule has 3 aromatic rings. The summed E-state index contributed by atoms with van der Waals surface area (Å²) in [6, 6.07) is 20.3.